The maximum atomic E-state index is 4.32. The van der Waals surface area contributed by atoms with Crippen LogP contribution >= 0.6 is 0 Å². The van der Waals surface area contributed by atoms with Crippen molar-refractivity contribution in [1.29, 1.82) is 0 Å². The zero-order valence-electron chi connectivity index (χ0n) is 24.2. The third kappa shape index (κ3) is 4.54. The van der Waals surface area contributed by atoms with Crippen molar-refractivity contribution in [3.8, 4) is 22.3 Å². The average Bonchev–Trinajstić information content (AvgIpc) is 3.07. The monoisotopic (exact) mass is 549 g/mol. The molecule has 1 atom stereocenters. The van der Waals surface area contributed by atoms with E-state index in [1.54, 1.807) is 0 Å². The van der Waals surface area contributed by atoms with Crippen LogP contribution in [0.1, 0.15) is 29.0 Å². The first kappa shape index (κ1) is 25.4. The number of pyridine rings is 1. The van der Waals surface area contributed by atoms with Gasteiger partial charge in [0, 0.05) is 18.3 Å². The van der Waals surface area contributed by atoms with Crippen LogP contribution in [-0.4, -0.2) is 4.98 Å². The minimum atomic E-state index is 0.375. The summed E-state index contributed by atoms with van der Waals surface area (Å²) in [6.45, 7) is 2.16. The first-order chi connectivity index (χ1) is 21.2. The molecular weight excluding hydrogens is 518 g/mol. The Morgan fingerprint density at radius 3 is 1.91 bits per heavy atom. The molecule has 7 aromatic rings. The Kier molecular flexibility index (Phi) is 6.23. The second kappa shape index (κ2) is 10.5. The van der Waals surface area contributed by atoms with E-state index in [1.807, 2.05) is 18.5 Å². The van der Waals surface area contributed by atoms with Gasteiger partial charge in [-0.05, 0) is 103 Å². The van der Waals surface area contributed by atoms with Gasteiger partial charge in [0.05, 0.1) is 0 Å². The maximum absolute atomic E-state index is 4.32. The number of hydrogen-bond donors (Lipinski definition) is 0. The van der Waals surface area contributed by atoms with Gasteiger partial charge < -0.3 is 0 Å². The second-order valence-electron chi connectivity index (χ2n) is 11.6. The molecule has 1 aromatic heterocycles. The summed E-state index contributed by atoms with van der Waals surface area (Å²) in [6, 6.07) is 44.7. The molecule has 1 nitrogen and oxygen atoms in total. The predicted octanol–water partition coefficient (Wildman–Crippen LogP) is 11.3. The van der Waals surface area contributed by atoms with Crippen LogP contribution in [0.4, 0.5) is 0 Å². The molecule has 1 heteroatoms. The minimum absolute atomic E-state index is 0.375. The lowest BCUT2D eigenvalue weighted by Gasteiger charge is -2.19. The number of aryl methyl sites for hydroxylation is 1. The highest BCUT2D eigenvalue weighted by Crippen LogP contribution is 2.44. The van der Waals surface area contributed by atoms with Crippen LogP contribution in [-0.2, 0) is 0 Å². The van der Waals surface area contributed by atoms with E-state index < -0.39 is 0 Å². The SMILES string of the molecule is Cc1ccc2ccc(-c3c4ccccc4c(-c4cccc(C5=CCC(c6cccnc6)C=C5)c4)c4ccccc34)cc2c1. The number of rotatable bonds is 4. The van der Waals surface area contributed by atoms with Crippen molar-refractivity contribution in [2.24, 2.45) is 0 Å². The lowest BCUT2D eigenvalue weighted by Crippen LogP contribution is -1.99. The van der Waals surface area contributed by atoms with Gasteiger partial charge >= 0.3 is 0 Å². The Balaban J connectivity index is 1.28. The third-order valence-electron chi connectivity index (χ3n) is 8.91. The van der Waals surface area contributed by atoms with Crippen molar-refractivity contribution in [3.63, 3.8) is 0 Å². The van der Waals surface area contributed by atoms with Gasteiger partial charge in [0.15, 0.2) is 0 Å². The minimum Gasteiger partial charge on any atom is -0.264 e. The van der Waals surface area contributed by atoms with Crippen molar-refractivity contribution in [2.45, 2.75) is 19.3 Å². The molecule has 0 saturated heterocycles. The van der Waals surface area contributed by atoms with Crippen molar-refractivity contribution in [2.75, 3.05) is 0 Å². The molecule has 1 heterocycles. The molecule has 0 fully saturated rings. The van der Waals surface area contributed by atoms with Crippen LogP contribution < -0.4 is 0 Å². The molecular formula is C42H31N. The van der Waals surface area contributed by atoms with E-state index in [0.717, 1.165) is 6.42 Å². The summed E-state index contributed by atoms with van der Waals surface area (Å²) in [4.78, 5) is 4.32. The number of fused-ring (bicyclic) bond motifs is 3. The van der Waals surface area contributed by atoms with Crippen LogP contribution in [0.15, 0.2) is 152 Å². The standard InChI is InChI=1S/C42H31N/c1-28-15-16-31-21-22-34(26-36(31)24-28)42-39-13-4-2-11-37(39)41(38-12-3-5-14-40(38)42)33-9-6-8-32(25-33)29-17-19-30(20-18-29)35-10-7-23-43-27-35/h2-19,21-27,30H,20H2,1H3. The van der Waals surface area contributed by atoms with Crippen molar-refractivity contribution >= 4 is 37.9 Å². The summed E-state index contributed by atoms with van der Waals surface area (Å²) in [5.41, 5.74) is 10.2. The van der Waals surface area contributed by atoms with Gasteiger partial charge in [-0.3, -0.25) is 4.98 Å². The molecule has 0 amide bonds. The third-order valence-corrected chi connectivity index (χ3v) is 8.91. The molecule has 1 unspecified atom stereocenters. The molecule has 0 N–H and O–H groups in total. The average molecular weight is 550 g/mol. The number of hydrogen-bond acceptors (Lipinski definition) is 1. The van der Waals surface area contributed by atoms with E-state index >= 15 is 0 Å². The number of aromatic nitrogens is 1. The number of allylic oxidation sites excluding steroid dienone is 4. The van der Waals surface area contributed by atoms with Crippen LogP contribution in [0.3, 0.4) is 0 Å². The zero-order chi connectivity index (χ0) is 28.8. The Morgan fingerprint density at radius 2 is 1.26 bits per heavy atom. The fraction of sp³-hybridized carbons (Fsp3) is 0.0714. The summed E-state index contributed by atoms with van der Waals surface area (Å²) in [6.07, 6.45) is 11.8. The highest BCUT2D eigenvalue weighted by molar-refractivity contribution is 6.21. The van der Waals surface area contributed by atoms with E-state index in [-0.39, 0.29) is 0 Å². The fourth-order valence-electron chi connectivity index (χ4n) is 6.80. The van der Waals surface area contributed by atoms with Gasteiger partial charge in [0.25, 0.3) is 0 Å². The van der Waals surface area contributed by atoms with Gasteiger partial charge in [0.2, 0.25) is 0 Å². The summed E-state index contributed by atoms with van der Waals surface area (Å²) in [5.74, 6) is 0.375. The van der Waals surface area contributed by atoms with E-state index in [4.69, 9.17) is 0 Å². The number of benzene rings is 6. The molecule has 0 spiro atoms. The fourth-order valence-corrected chi connectivity index (χ4v) is 6.80. The smallest absolute Gasteiger partial charge is 0.0305 e. The van der Waals surface area contributed by atoms with Crippen molar-refractivity contribution in [1.82, 2.24) is 4.98 Å². The Bertz CT molecular complexity index is 2160. The lowest BCUT2D eigenvalue weighted by atomic mass is 9.84. The molecule has 6 aromatic carbocycles. The van der Waals surface area contributed by atoms with Crippen LogP contribution in [0.2, 0.25) is 0 Å². The first-order valence-corrected chi connectivity index (χ1v) is 15.1. The van der Waals surface area contributed by atoms with E-state index in [2.05, 4.69) is 145 Å². The molecule has 43 heavy (non-hydrogen) atoms. The second-order valence-corrected chi connectivity index (χ2v) is 11.6. The summed E-state index contributed by atoms with van der Waals surface area (Å²) >= 11 is 0. The molecule has 8 rings (SSSR count). The molecule has 0 bridgehead atoms. The molecule has 0 aliphatic heterocycles. The lowest BCUT2D eigenvalue weighted by molar-refractivity contribution is 0.849. The molecule has 1 aliphatic carbocycles. The highest BCUT2D eigenvalue weighted by Gasteiger charge is 2.18. The van der Waals surface area contributed by atoms with Crippen molar-refractivity contribution in [3.05, 3.63) is 169 Å². The van der Waals surface area contributed by atoms with Crippen LogP contribution in [0.5, 0.6) is 0 Å². The molecule has 1 aliphatic rings. The van der Waals surface area contributed by atoms with Crippen molar-refractivity contribution < 1.29 is 0 Å². The Labute approximate surface area is 252 Å². The largest absolute Gasteiger partial charge is 0.264 e. The topological polar surface area (TPSA) is 12.9 Å². The highest BCUT2D eigenvalue weighted by atomic mass is 14.6. The molecule has 204 valence electrons. The Hall–Kier alpha value is -5.27. The quantitative estimate of drug-likeness (QED) is 0.199. The van der Waals surface area contributed by atoms with Gasteiger partial charge in [-0.1, -0.05) is 127 Å². The normalized spacial score (nSPS) is 14.8. The number of nitrogens with zero attached hydrogens (tertiary/aromatic N) is 1. The summed E-state index contributed by atoms with van der Waals surface area (Å²) in [5, 5.41) is 7.68. The maximum Gasteiger partial charge on any atom is 0.0305 e. The van der Waals surface area contributed by atoms with E-state index in [1.165, 1.54) is 76.8 Å². The van der Waals surface area contributed by atoms with E-state index in [9.17, 15) is 0 Å². The van der Waals surface area contributed by atoms with Gasteiger partial charge in [-0.25, -0.2) is 0 Å². The van der Waals surface area contributed by atoms with Crippen LogP contribution in [0.25, 0.3) is 60.1 Å². The van der Waals surface area contributed by atoms with Gasteiger partial charge in [-0.2, -0.15) is 0 Å². The molecule has 0 radical (unpaired) electrons. The first-order valence-electron chi connectivity index (χ1n) is 15.1. The van der Waals surface area contributed by atoms with Crippen LogP contribution in [0, 0.1) is 6.92 Å². The zero-order valence-corrected chi connectivity index (χ0v) is 24.2. The predicted molar refractivity (Wildman–Crippen MR) is 183 cm³/mol. The summed E-state index contributed by atoms with van der Waals surface area (Å²) in [7, 11) is 0. The van der Waals surface area contributed by atoms with Gasteiger partial charge in [-0.15, -0.1) is 0 Å². The molecule has 0 saturated carbocycles. The Morgan fingerprint density at radius 1 is 0.581 bits per heavy atom. The van der Waals surface area contributed by atoms with E-state index in [0.29, 0.717) is 5.92 Å². The summed E-state index contributed by atoms with van der Waals surface area (Å²) < 4.78 is 0. The van der Waals surface area contributed by atoms with Gasteiger partial charge in [0.1, 0.15) is 0 Å².